The smallest absolute Gasteiger partial charge is 0.244 e. The van der Waals surface area contributed by atoms with Crippen molar-refractivity contribution in [3.8, 4) is 0 Å². The van der Waals surface area contributed by atoms with Crippen LogP contribution in [0, 0.1) is 0 Å². The topological polar surface area (TPSA) is 63.4 Å². The van der Waals surface area contributed by atoms with Crippen LogP contribution < -0.4 is 5.73 Å². The van der Waals surface area contributed by atoms with Crippen molar-refractivity contribution in [2.24, 2.45) is 0 Å². The van der Waals surface area contributed by atoms with Crippen molar-refractivity contribution in [2.45, 2.75) is 4.90 Å². The van der Waals surface area contributed by atoms with E-state index in [9.17, 15) is 8.42 Å². The monoisotopic (exact) mass is 294 g/mol. The van der Waals surface area contributed by atoms with E-state index in [4.69, 9.17) is 17.3 Å². The molecule has 0 atom stereocenters. The minimum absolute atomic E-state index is 0.0944. The van der Waals surface area contributed by atoms with Gasteiger partial charge in [0, 0.05) is 25.0 Å². The van der Waals surface area contributed by atoms with Crippen molar-refractivity contribution in [1.29, 1.82) is 0 Å². The summed E-state index contributed by atoms with van der Waals surface area (Å²) in [5, 5.41) is 0.154. The predicted octanol–water partition coefficient (Wildman–Crippen LogP) is 1.91. The lowest BCUT2D eigenvalue weighted by molar-refractivity contribution is 0.488. The third-order valence-electron chi connectivity index (χ3n) is 2.25. The van der Waals surface area contributed by atoms with Gasteiger partial charge >= 0.3 is 0 Å². The molecule has 7 heteroatoms. The Balaban J connectivity index is 3.04. The van der Waals surface area contributed by atoms with E-state index >= 15 is 0 Å². The normalized spacial score (nSPS) is 12.0. The molecule has 0 aliphatic carbocycles. The zero-order valence-electron chi connectivity index (χ0n) is 9.68. The fourth-order valence-electron chi connectivity index (χ4n) is 1.23. The van der Waals surface area contributed by atoms with E-state index in [-0.39, 0.29) is 9.92 Å². The zero-order chi connectivity index (χ0) is 13.1. The van der Waals surface area contributed by atoms with Gasteiger partial charge in [-0.25, -0.2) is 12.7 Å². The lowest BCUT2D eigenvalue weighted by Crippen LogP contribution is -2.29. The molecule has 1 aromatic rings. The highest BCUT2D eigenvalue weighted by Crippen LogP contribution is 2.25. The van der Waals surface area contributed by atoms with Gasteiger partial charge in [0.05, 0.1) is 5.02 Å². The average Bonchev–Trinajstić information content (AvgIpc) is 2.25. The molecule has 0 amide bonds. The highest BCUT2D eigenvalue weighted by Gasteiger charge is 2.22. The molecule has 0 aromatic heterocycles. The second kappa shape index (κ2) is 5.95. The van der Waals surface area contributed by atoms with Crippen LogP contribution in [0.5, 0.6) is 0 Å². The summed E-state index contributed by atoms with van der Waals surface area (Å²) in [4.78, 5) is 0.0944. The van der Waals surface area contributed by atoms with Gasteiger partial charge in [-0.2, -0.15) is 11.8 Å². The maximum absolute atomic E-state index is 12.2. The first kappa shape index (κ1) is 14.6. The number of rotatable bonds is 5. The molecule has 0 fully saturated rings. The number of nitrogens with zero attached hydrogens (tertiary/aromatic N) is 1. The second-order valence-electron chi connectivity index (χ2n) is 3.51. The molecular formula is C10H15ClN2O2S2. The van der Waals surface area contributed by atoms with Gasteiger partial charge in [-0.15, -0.1) is 0 Å². The van der Waals surface area contributed by atoms with E-state index in [1.807, 2.05) is 6.26 Å². The summed E-state index contributed by atoms with van der Waals surface area (Å²) in [5.41, 5.74) is 5.98. The Hall–Kier alpha value is -0.430. The van der Waals surface area contributed by atoms with Crippen LogP contribution in [0.15, 0.2) is 23.1 Å². The molecule has 0 unspecified atom stereocenters. The molecule has 17 heavy (non-hydrogen) atoms. The minimum atomic E-state index is -3.53. The third kappa shape index (κ3) is 3.51. The number of nitrogens with two attached hydrogens (primary N) is 1. The molecule has 2 N–H and O–H groups in total. The van der Waals surface area contributed by atoms with Crippen molar-refractivity contribution in [3.63, 3.8) is 0 Å². The Morgan fingerprint density at radius 1 is 1.47 bits per heavy atom. The van der Waals surface area contributed by atoms with E-state index in [1.165, 1.54) is 29.6 Å². The van der Waals surface area contributed by atoms with Crippen LogP contribution in [0.25, 0.3) is 0 Å². The molecule has 0 saturated carbocycles. The number of thioether (sulfide) groups is 1. The molecular weight excluding hydrogens is 280 g/mol. The van der Waals surface area contributed by atoms with Crippen LogP contribution in [0.4, 0.5) is 5.69 Å². The van der Waals surface area contributed by atoms with Crippen LogP contribution in [-0.2, 0) is 10.0 Å². The van der Waals surface area contributed by atoms with Gasteiger partial charge in [-0.1, -0.05) is 11.6 Å². The number of sulfonamides is 1. The van der Waals surface area contributed by atoms with Crippen molar-refractivity contribution in [1.82, 2.24) is 4.31 Å². The number of halogens is 1. The SMILES string of the molecule is CSCCN(C)S(=O)(=O)c1ccc(N)cc1Cl. The molecule has 0 spiro atoms. The summed E-state index contributed by atoms with van der Waals surface area (Å²) in [6.07, 6.45) is 1.93. The number of hydrogen-bond acceptors (Lipinski definition) is 4. The van der Waals surface area contributed by atoms with E-state index in [0.29, 0.717) is 12.2 Å². The zero-order valence-corrected chi connectivity index (χ0v) is 12.1. The number of anilines is 1. The van der Waals surface area contributed by atoms with Gasteiger partial charge < -0.3 is 5.73 Å². The van der Waals surface area contributed by atoms with Crippen LogP contribution in [0.3, 0.4) is 0 Å². The van der Waals surface area contributed by atoms with Gasteiger partial charge in [0.2, 0.25) is 10.0 Å². The van der Waals surface area contributed by atoms with Crippen LogP contribution in [0.1, 0.15) is 0 Å². The number of nitrogen functional groups attached to an aromatic ring is 1. The van der Waals surface area contributed by atoms with Crippen LogP contribution >= 0.6 is 23.4 Å². The molecule has 0 bridgehead atoms. The minimum Gasteiger partial charge on any atom is -0.399 e. The molecule has 1 aromatic carbocycles. The molecule has 1 rings (SSSR count). The van der Waals surface area contributed by atoms with Crippen molar-refractivity contribution >= 4 is 39.1 Å². The van der Waals surface area contributed by atoms with E-state index < -0.39 is 10.0 Å². The van der Waals surface area contributed by atoms with Crippen molar-refractivity contribution in [2.75, 3.05) is 31.3 Å². The van der Waals surface area contributed by atoms with Crippen molar-refractivity contribution in [3.05, 3.63) is 23.2 Å². The molecule has 0 radical (unpaired) electrons. The Bertz CT molecular complexity index is 491. The molecule has 4 nitrogen and oxygen atoms in total. The van der Waals surface area contributed by atoms with Gasteiger partial charge in [0.25, 0.3) is 0 Å². The highest BCUT2D eigenvalue weighted by molar-refractivity contribution is 7.98. The van der Waals surface area contributed by atoms with E-state index in [1.54, 1.807) is 11.8 Å². The quantitative estimate of drug-likeness (QED) is 0.843. The Labute approximate surface area is 111 Å². The lowest BCUT2D eigenvalue weighted by atomic mass is 10.3. The maximum atomic E-state index is 12.2. The van der Waals surface area contributed by atoms with E-state index in [2.05, 4.69) is 0 Å². The van der Waals surface area contributed by atoms with Gasteiger partial charge in [0.15, 0.2) is 0 Å². The largest absolute Gasteiger partial charge is 0.399 e. The summed E-state index contributed by atoms with van der Waals surface area (Å²) in [7, 11) is -1.99. The summed E-state index contributed by atoms with van der Waals surface area (Å²) in [6, 6.07) is 4.40. The molecule has 96 valence electrons. The molecule has 0 heterocycles. The molecule has 0 saturated heterocycles. The van der Waals surface area contributed by atoms with E-state index in [0.717, 1.165) is 5.75 Å². The summed E-state index contributed by atoms with van der Waals surface area (Å²) in [5.74, 6) is 0.738. The standard InChI is InChI=1S/C10H15ClN2O2S2/c1-13(5-6-16-2)17(14,15)10-4-3-8(12)7-9(10)11/h3-4,7H,5-6,12H2,1-2H3. The lowest BCUT2D eigenvalue weighted by Gasteiger charge is -2.17. The summed E-state index contributed by atoms with van der Waals surface area (Å²) in [6.45, 7) is 0.449. The third-order valence-corrected chi connectivity index (χ3v) is 5.19. The Morgan fingerprint density at radius 3 is 2.65 bits per heavy atom. The highest BCUT2D eigenvalue weighted by atomic mass is 35.5. The second-order valence-corrected chi connectivity index (χ2v) is 6.92. The fraction of sp³-hybridized carbons (Fsp3) is 0.400. The van der Waals surface area contributed by atoms with Gasteiger partial charge in [0.1, 0.15) is 4.90 Å². The first-order chi connectivity index (χ1) is 7.89. The maximum Gasteiger partial charge on any atom is 0.244 e. The van der Waals surface area contributed by atoms with Crippen LogP contribution in [0.2, 0.25) is 5.02 Å². The first-order valence-electron chi connectivity index (χ1n) is 4.90. The molecule has 0 aliphatic heterocycles. The average molecular weight is 295 g/mol. The van der Waals surface area contributed by atoms with Gasteiger partial charge in [-0.05, 0) is 24.5 Å². The predicted molar refractivity (Wildman–Crippen MR) is 74.1 cm³/mol. The number of hydrogen-bond donors (Lipinski definition) is 1. The van der Waals surface area contributed by atoms with Crippen LogP contribution in [-0.4, -0.2) is 38.3 Å². The Morgan fingerprint density at radius 2 is 2.12 bits per heavy atom. The first-order valence-corrected chi connectivity index (χ1v) is 8.11. The van der Waals surface area contributed by atoms with Crippen molar-refractivity contribution < 1.29 is 8.42 Å². The summed E-state index contributed by atoms with van der Waals surface area (Å²) >= 11 is 7.49. The van der Waals surface area contributed by atoms with Gasteiger partial charge in [-0.3, -0.25) is 0 Å². The fourth-order valence-corrected chi connectivity index (χ4v) is 3.50. The Kier molecular flexibility index (Phi) is 5.12. The summed E-state index contributed by atoms with van der Waals surface area (Å²) < 4.78 is 25.6. The molecule has 0 aliphatic rings. The number of benzene rings is 1.